The molecule has 1 atom stereocenters. The highest BCUT2D eigenvalue weighted by atomic mass is 32.2. The lowest BCUT2D eigenvalue weighted by atomic mass is 10.1. The van der Waals surface area contributed by atoms with E-state index in [0.29, 0.717) is 11.4 Å². The van der Waals surface area contributed by atoms with E-state index in [2.05, 4.69) is 31.0 Å². The van der Waals surface area contributed by atoms with E-state index in [1.807, 2.05) is 56.4 Å². The van der Waals surface area contributed by atoms with Gasteiger partial charge in [0.1, 0.15) is 11.3 Å². The fourth-order valence-corrected chi connectivity index (χ4v) is 4.58. The fourth-order valence-electron chi connectivity index (χ4n) is 3.65. The van der Waals surface area contributed by atoms with Gasteiger partial charge in [0.2, 0.25) is 0 Å². The molecule has 0 bridgehead atoms. The van der Waals surface area contributed by atoms with Crippen molar-refractivity contribution in [1.29, 1.82) is 0 Å². The molecule has 1 aliphatic heterocycles. The van der Waals surface area contributed by atoms with Crippen molar-refractivity contribution in [3.05, 3.63) is 66.0 Å². The van der Waals surface area contributed by atoms with E-state index in [1.54, 1.807) is 28.8 Å². The van der Waals surface area contributed by atoms with E-state index < -0.39 is 0 Å². The van der Waals surface area contributed by atoms with Crippen LogP contribution in [0.2, 0.25) is 0 Å². The molecule has 0 saturated carbocycles. The molecule has 0 fully saturated rings. The number of thioether (sulfide) groups is 1. The molecule has 3 heterocycles. The third-order valence-electron chi connectivity index (χ3n) is 5.37. The molecule has 9 heteroatoms. The molecule has 0 spiro atoms. The van der Waals surface area contributed by atoms with Crippen LogP contribution in [0.1, 0.15) is 28.9 Å². The first-order chi connectivity index (χ1) is 15.6. The average Bonchev–Trinajstić information content (AvgIpc) is 3.19. The molecule has 0 radical (unpaired) electrons. The van der Waals surface area contributed by atoms with Gasteiger partial charge in [-0.05, 0) is 42.8 Å². The molecular weight excluding hydrogens is 422 g/mol. The van der Waals surface area contributed by atoms with Gasteiger partial charge in [-0.15, -0.1) is 11.8 Å². The number of rotatable bonds is 5. The highest BCUT2D eigenvalue weighted by Gasteiger charge is 2.14. The zero-order chi connectivity index (χ0) is 22.1. The van der Waals surface area contributed by atoms with Gasteiger partial charge in [0.15, 0.2) is 5.65 Å². The lowest BCUT2D eigenvalue weighted by Gasteiger charge is -2.18. The molecular formula is C23H23N7OS. The number of carbonyl (C=O) groups is 1. The van der Waals surface area contributed by atoms with Crippen molar-refractivity contribution in [3.8, 4) is 0 Å². The van der Waals surface area contributed by atoms with Crippen LogP contribution in [-0.4, -0.2) is 38.0 Å². The van der Waals surface area contributed by atoms with Gasteiger partial charge in [-0.3, -0.25) is 4.79 Å². The number of nitrogens with zero attached hydrogens (tertiary/aromatic N) is 4. The zero-order valence-electron chi connectivity index (χ0n) is 17.8. The maximum absolute atomic E-state index is 12.8. The monoisotopic (exact) mass is 445 g/mol. The fraction of sp³-hybridized carbons (Fsp3) is 0.217. The van der Waals surface area contributed by atoms with Crippen molar-refractivity contribution in [1.82, 2.24) is 19.7 Å². The maximum Gasteiger partial charge on any atom is 0.255 e. The topological polar surface area (TPSA) is 96.8 Å². The molecule has 0 saturated heterocycles. The Labute approximate surface area is 189 Å². The minimum atomic E-state index is -0.121. The van der Waals surface area contributed by atoms with Gasteiger partial charge < -0.3 is 16.0 Å². The smallest absolute Gasteiger partial charge is 0.255 e. The predicted molar refractivity (Wildman–Crippen MR) is 128 cm³/mol. The summed E-state index contributed by atoms with van der Waals surface area (Å²) in [6.45, 7) is 2.99. The van der Waals surface area contributed by atoms with Gasteiger partial charge in [0, 0.05) is 41.2 Å². The third-order valence-corrected chi connectivity index (χ3v) is 6.43. The quantitative estimate of drug-likeness (QED) is 0.421. The van der Waals surface area contributed by atoms with Crippen LogP contribution in [0.25, 0.3) is 11.2 Å². The van der Waals surface area contributed by atoms with Crippen molar-refractivity contribution >= 4 is 46.0 Å². The van der Waals surface area contributed by atoms with Crippen LogP contribution >= 0.6 is 11.8 Å². The largest absolute Gasteiger partial charge is 0.383 e. The van der Waals surface area contributed by atoms with Gasteiger partial charge in [-0.2, -0.15) is 5.10 Å². The number of hydrogen-bond acceptors (Lipinski definition) is 7. The Bertz CT molecular complexity index is 1300. The first-order valence-electron chi connectivity index (χ1n) is 10.4. The Kier molecular flexibility index (Phi) is 5.40. The molecule has 1 aliphatic rings. The molecule has 0 unspecified atom stereocenters. The summed E-state index contributed by atoms with van der Waals surface area (Å²) in [5.41, 5.74) is 4.99. The minimum absolute atomic E-state index is 0.0296. The molecule has 1 amide bonds. The van der Waals surface area contributed by atoms with E-state index in [0.717, 1.165) is 45.3 Å². The first kappa shape index (κ1) is 20.3. The van der Waals surface area contributed by atoms with Crippen LogP contribution in [0.15, 0.2) is 59.8 Å². The van der Waals surface area contributed by atoms with E-state index >= 15 is 0 Å². The van der Waals surface area contributed by atoms with Gasteiger partial charge in [-0.25, -0.2) is 14.6 Å². The number of benzene rings is 2. The molecule has 3 N–H and O–H groups in total. The number of aryl methyl sites for hydroxylation is 1. The van der Waals surface area contributed by atoms with Crippen molar-refractivity contribution in [2.45, 2.75) is 17.9 Å². The summed E-state index contributed by atoms with van der Waals surface area (Å²) in [5.74, 6) is 1.55. The average molecular weight is 446 g/mol. The predicted octanol–water partition coefficient (Wildman–Crippen LogP) is 4.31. The standard InChI is InChI=1S/C23H23N7OS/c1-14(27-21-13-25-19-12-26-30(2)22(19)29-21)15-4-3-5-17(10-15)28-23(31)16-6-7-18-20(11-16)32-9-8-24-18/h3-7,10-14,24H,8-9H2,1-2H3,(H,27,29)(H,28,31)/t14-/m0/s1. The Hall–Kier alpha value is -3.59. The highest BCUT2D eigenvalue weighted by Crippen LogP contribution is 2.32. The summed E-state index contributed by atoms with van der Waals surface area (Å²) in [6.07, 6.45) is 3.40. The molecule has 0 aliphatic carbocycles. The lowest BCUT2D eigenvalue weighted by Crippen LogP contribution is -2.15. The van der Waals surface area contributed by atoms with E-state index in [4.69, 9.17) is 0 Å². The number of carbonyl (C=O) groups excluding carboxylic acids is 1. The van der Waals surface area contributed by atoms with Crippen LogP contribution < -0.4 is 16.0 Å². The second kappa shape index (κ2) is 8.51. The molecule has 32 heavy (non-hydrogen) atoms. The SMILES string of the molecule is C[C@H](Nc1cnc2cnn(C)c2n1)c1cccc(NC(=O)c2ccc3c(c2)SCCN3)c1. The highest BCUT2D eigenvalue weighted by molar-refractivity contribution is 7.99. The summed E-state index contributed by atoms with van der Waals surface area (Å²) in [6, 6.07) is 13.6. The normalized spacial score (nSPS) is 13.8. The van der Waals surface area contributed by atoms with Crippen molar-refractivity contribution in [2.75, 3.05) is 28.2 Å². The molecule has 2 aromatic heterocycles. The van der Waals surface area contributed by atoms with Crippen LogP contribution in [0.5, 0.6) is 0 Å². The number of fused-ring (bicyclic) bond motifs is 2. The third kappa shape index (κ3) is 4.11. The Morgan fingerprint density at radius 2 is 2.12 bits per heavy atom. The second-order valence-corrected chi connectivity index (χ2v) is 8.80. The Morgan fingerprint density at radius 1 is 1.22 bits per heavy atom. The summed E-state index contributed by atoms with van der Waals surface area (Å²) in [5, 5.41) is 13.9. The number of aromatic nitrogens is 4. The number of amides is 1. The van der Waals surface area contributed by atoms with Crippen LogP contribution in [0.4, 0.5) is 17.2 Å². The summed E-state index contributed by atoms with van der Waals surface area (Å²) in [4.78, 5) is 22.9. The van der Waals surface area contributed by atoms with E-state index in [9.17, 15) is 4.79 Å². The summed E-state index contributed by atoms with van der Waals surface area (Å²) in [7, 11) is 1.84. The van der Waals surface area contributed by atoms with Gasteiger partial charge >= 0.3 is 0 Å². The van der Waals surface area contributed by atoms with Crippen molar-refractivity contribution in [2.24, 2.45) is 7.05 Å². The van der Waals surface area contributed by atoms with Gasteiger partial charge in [-0.1, -0.05) is 12.1 Å². The van der Waals surface area contributed by atoms with Crippen LogP contribution in [0, 0.1) is 0 Å². The number of hydrogen-bond donors (Lipinski definition) is 3. The van der Waals surface area contributed by atoms with Crippen LogP contribution in [0.3, 0.4) is 0 Å². The van der Waals surface area contributed by atoms with Crippen LogP contribution in [-0.2, 0) is 7.05 Å². The Balaban J connectivity index is 1.30. The molecule has 162 valence electrons. The zero-order valence-corrected chi connectivity index (χ0v) is 18.6. The maximum atomic E-state index is 12.8. The summed E-state index contributed by atoms with van der Waals surface area (Å²) >= 11 is 1.77. The first-order valence-corrected chi connectivity index (χ1v) is 11.4. The minimum Gasteiger partial charge on any atom is -0.383 e. The van der Waals surface area contributed by atoms with Gasteiger partial charge in [0.25, 0.3) is 5.91 Å². The van der Waals surface area contributed by atoms with E-state index in [-0.39, 0.29) is 11.9 Å². The summed E-state index contributed by atoms with van der Waals surface area (Å²) < 4.78 is 1.70. The number of nitrogens with one attached hydrogen (secondary N) is 3. The molecule has 5 rings (SSSR count). The van der Waals surface area contributed by atoms with E-state index in [1.165, 1.54) is 0 Å². The molecule has 2 aromatic carbocycles. The Morgan fingerprint density at radius 3 is 3.03 bits per heavy atom. The molecule has 4 aromatic rings. The van der Waals surface area contributed by atoms with Gasteiger partial charge in [0.05, 0.1) is 18.4 Å². The lowest BCUT2D eigenvalue weighted by molar-refractivity contribution is 0.102. The molecule has 8 nitrogen and oxygen atoms in total. The van der Waals surface area contributed by atoms with Crippen molar-refractivity contribution < 1.29 is 4.79 Å². The number of anilines is 3. The van der Waals surface area contributed by atoms with Crippen molar-refractivity contribution in [3.63, 3.8) is 0 Å². The second-order valence-electron chi connectivity index (χ2n) is 7.66.